The van der Waals surface area contributed by atoms with Gasteiger partial charge < -0.3 is 5.73 Å². The third-order valence-corrected chi connectivity index (χ3v) is 3.41. The molecule has 0 aromatic heterocycles. The van der Waals surface area contributed by atoms with E-state index in [0.717, 1.165) is 5.56 Å². The van der Waals surface area contributed by atoms with Gasteiger partial charge in [0.2, 0.25) is 5.91 Å². The number of primary amides is 1. The molecule has 0 spiro atoms. The molecule has 0 heterocycles. The van der Waals surface area contributed by atoms with Crippen molar-refractivity contribution in [3.8, 4) is 0 Å². The summed E-state index contributed by atoms with van der Waals surface area (Å²) in [6.07, 6.45) is 0.569. The molecule has 0 aliphatic rings. The minimum Gasteiger partial charge on any atom is -0.369 e. The zero-order valence-electron chi connectivity index (χ0n) is 9.68. The van der Waals surface area contributed by atoms with Crippen molar-refractivity contribution in [2.45, 2.75) is 18.6 Å². The fourth-order valence-corrected chi connectivity index (χ4v) is 2.20. The lowest BCUT2D eigenvalue weighted by Gasteiger charge is -2.11. The number of nitrogens with two attached hydrogens (primary N) is 1. The number of carbonyl (C=O) groups is 1. The van der Waals surface area contributed by atoms with E-state index in [4.69, 9.17) is 5.73 Å². The van der Waals surface area contributed by atoms with Crippen LogP contribution in [-0.2, 0) is 11.2 Å². The molecule has 1 unspecified atom stereocenters. The van der Waals surface area contributed by atoms with Gasteiger partial charge in [0.1, 0.15) is 0 Å². The molecule has 0 fully saturated rings. The van der Waals surface area contributed by atoms with Gasteiger partial charge in [-0.15, -0.1) is 0 Å². The highest BCUT2D eigenvalue weighted by molar-refractivity contribution is 7.81. The van der Waals surface area contributed by atoms with E-state index in [0.29, 0.717) is 6.42 Å². The molecule has 0 saturated carbocycles. The van der Waals surface area contributed by atoms with Crippen molar-refractivity contribution in [1.82, 2.24) is 0 Å². The Hall–Kier alpha value is -1.48. The number of hydrogen-bond acceptors (Lipinski definition) is 2. The van der Waals surface area contributed by atoms with Crippen LogP contribution in [0.1, 0.15) is 11.1 Å². The van der Waals surface area contributed by atoms with Gasteiger partial charge in [-0.1, -0.05) is 36.4 Å². The van der Waals surface area contributed by atoms with Crippen LogP contribution >= 0.6 is 12.6 Å². The molecular formula is C14H15NOS. The second kappa shape index (κ2) is 4.80. The van der Waals surface area contributed by atoms with Crippen LogP contribution in [0.4, 0.5) is 0 Å². The summed E-state index contributed by atoms with van der Waals surface area (Å²) >= 11 is 4.21. The van der Waals surface area contributed by atoms with Crippen LogP contribution in [0, 0.1) is 6.92 Å². The molecule has 2 aromatic carbocycles. The number of hydrogen-bond donors (Lipinski definition) is 2. The predicted octanol–water partition coefficient (Wildman–Crippen LogP) is 2.47. The van der Waals surface area contributed by atoms with E-state index < -0.39 is 5.25 Å². The number of benzene rings is 2. The Morgan fingerprint density at radius 3 is 2.53 bits per heavy atom. The van der Waals surface area contributed by atoms with Crippen molar-refractivity contribution in [2.24, 2.45) is 5.73 Å². The van der Waals surface area contributed by atoms with Gasteiger partial charge in [0.15, 0.2) is 0 Å². The van der Waals surface area contributed by atoms with Crippen LogP contribution in [0.2, 0.25) is 0 Å². The number of aryl methyl sites for hydroxylation is 1. The Morgan fingerprint density at radius 1 is 1.24 bits per heavy atom. The minimum absolute atomic E-state index is 0.377. The molecule has 88 valence electrons. The zero-order valence-corrected chi connectivity index (χ0v) is 10.6. The largest absolute Gasteiger partial charge is 0.369 e. The maximum Gasteiger partial charge on any atom is 0.230 e. The van der Waals surface area contributed by atoms with Gasteiger partial charge in [-0.2, -0.15) is 12.6 Å². The lowest BCUT2D eigenvalue weighted by atomic mass is 9.97. The quantitative estimate of drug-likeness (QED) is 0.802. The fraction of sp³-hybridized carbons (Fsp3) is 0.214. The maximum atomic E-state index is 11.1. The molecule has 17 heavy (non-hydrogen) atoms. The van der Waals surface area contributed by atoms with E-state index >= 15 is 0 Å². The summed E-state index contributed by atoms with van der Waals surface area (Å²) in [5.41, 5.74) is 7.59. The molecule has 2 aromatic rings. The smallest absolute Gasteiger partial charge is 0.230 e. The SMILES string of the molecule is Cc1ccc(CC(S)C(N)=O)c2ccccc12. The maximum absolute atomic E-state index is 11.1. The Balaban J connectivity index is 2.48. The Labute approximate surface area is 106 Å². The molecular weight excluding hydrogens is 230 g/mol. The molecule has 0 bridgehead atoms. The van der Waals surface area contributed by atoms with Crippen LogP contribution < -0.4 is 5.73 Å². The molecule has 2 N–H and O–H groups in total. The summed E-state index contributed by atoms with van der Waals surface area (Å²) in [5, 5.41) is 1.96. The molecule has 0 aliphatic carbocycles. The number of amides is 1. The molecule has 3 heteroatoms. The first-order valence-corrected chi connectivity index (χ1v) is 6.06. The highest BCUT2D eigenvalue weighted by atomic mass is 32.1. The van der Waals surface area contributed by atoms with Gasteiger partial charge in [-0.05, 0) is 35.2 Å². The van der Waals surface area contributed by atoms with E-state index in [1.165, 1.54) is 16.3 Å². The summed E-state index contributed by atoms with van der Waals surface area (Å²) in [5.74, 6) is -0.377. The molecule has 0 saturated heterocycles. The second-order valence-electron chi connectivity index (χ2n) is 4.21. The first-order valence-electron chi connectivity index (χ1n) is 5.54. The number of fused-ring (bicyclic) bond motifs is 1. The van der Waals surface area contributed by atoms with Gasteiger partial charge in [-0.25, -0.2) is 0 Å². The van der Waals surface area contributed by atoms with E-state index in [-0.39, 0.29) is 5.91 Å². The van der Waals surface area contributed by atoms with Crippen molar-refractivity contribution in [3.63, 3.8) is 0 Å². The van der Waals surface area contributed by atoms with Crippen LogP contribution in [0.3, 0.4) is 0 Å². The summed E-state index contributed by atoms with van der Waals surface area (Å²) in [7, 11) is 0. The van der Waals surface area contributed by atoms with Gasteiger partial charge in [-0.3, -0.25) is 4.79 Å². The van der Waals surface area contributed by atoms with Crippen LogP contribution in [-0.4, -0.2) is 11.2 Å². The van der Waals surface area contributed by atoms with Gasteiger partial charge >= 0.3 is 0 Å². The monoisotopic (exact) mass is 245 g/mol. The Kier molecular flexibility index (Phi) is 3.38. The highest BCUT2D eigenvalue weighted by Crippen LogP contribution is 2.24. The Bertz CT molecular complexity index is 565. The first kappa shape index (κ1) is 12.0. The highest BCUT2D eigenvalue weighted by Gasteiger charge is 2.12. The van der Waals surface area contributed by atoms with Crippen molar-refractivity contribution in [2.75, 3.05) is 0 Å². The molecule has 0 aliphatic heterocycles. The van der Waals surface area contributed by atoms with Crippen LogP contribution in [0.25, 0.3) is 10.8 Å². The molecule has 2 nitrogen and oxygen atoms in total. The normalized spacial score (nSPS) is 12.6. The zero-order chi connectivity index (χ0) is 12.4. The van der Waals surface area contributed by atoms with Gasteiger partial charge in [0.05, 0.1) is 5.25 Å². The molecule has 1 atom stereocenters. The minimum atomic E-state index is -0.430. The Morgan fingerprint density at radius 2 is 1.88 bits per heavy atom. The van der Waals surface area contributed by atoms with Crippen molar-refractivity contribution in [3.05, 3.63) is 47.5 Å². The predicted molar refractivity (Wildman–Crippen MR) is 74.4 cm³/mol. The standard InChI is InChI=1S/C14H15NOS/c1-9-6-7-10(8-13(17)14(15)16)12-5-3-2-4-11(9)12/h2-7,13,17H,8H2,1H3,(H2,15,16). The van der Waals surface area contributed by atoms with Crippen molar-refractivity contribution >= 4 is 29.3 Å². The molecule has 2 rings (SSSR count). The average Bonchev–Trinajstić information content (AvgIpc) is 2.33. The summed E-state index contributed by atoms with van der Waals surface area (Å²) in [6, 6.07) is 12.3. The van der Waals surface area contributed by atoms with Crippen LogP contribution in [0.5, 0.6) is 0 Å². The number of carbonyl (C=O) groups excluding carboxylic acids is 1. The van der Waals surface area contributed by atoms with E-state index in [9.17, 15) is 4.79 Å². The van der Waals surface area contributed by atoms with Gasteiger partial charge in [0, 0.05) is 0 Å². The van der Waals surface area contributed by atoms with Crippen LogP contribution in [0.15, 0.2) is 36.4 Å². The van der Waals surface area contributed by atoms with E-state index in [2.05, 4.69) is 37.8 Å². The van der Waals surface area contributed by atoms with Crippen molar-refractivity contribution < 1.29 is 4.79 Å². The summed E-state index contributed by atoms with van der Waals surface area (Å²) < 4.78 is 0. The molecule has 1 amide bonds. The van der Waals surface area contributed by atoms with E-state index in [1.807, 2.05) is 18.2 Å². The summed E-state index contributed by atoms with van der Waals surface area (Å²) in [4.78, 5) is 11.1. The third kappa shape index (κ3) is 2.44. The first-order chi connectivity index (χ1) is 8.09. The molecule has 0 radical (unpaired) electrons. The third-order valence-electron chi connectivity index (χ3n) is 2.97. The number of thiol groups is 1. The summed E-state index contributed by atoms with van der Waals surface area (Å²) in [6.45, 7) is 2.08. The van der Waals surface area contributed by atoms with E-state index in [1.54, 1.807) is 0 Å². The number of rotatable bonds is 3. The average molecular weight is 245 g/mol. The topological polar surface area (TPSA) is 43.1 Å². The van der Waals surface area contributed by atoms with Crippen molar-refractivity contribution in [1.29, 1.82) is 0 Å². The lowest BCUT2D eigenvalue weighted by molar-refractivity contribution is -0.117. The lowest BCUT2D eigenvalue weighted by Crippen LogP contribution is -2.25. The second-order valence-corrected chi connectivity index (χ2v) is 4.83. The fourth-order valence-electron chi connectivity index (χ4n) is 2.00. The van der Waals surface area contributed by atoms with Gasteiger partial charge in [0.25, 0.3) is 0 Å².